The first kappa shape index (κ1) is 73.9. The molecule has 1 fully saturated rings. The van der Waals surface area contributed by atoms with Crippen molar-refractivity contribution in [2.24, 2.45) is 0 Å². The monoisotopic (exact) mass is 1110 g/mol. The van der Waals surface area contributed by atoms with E-state index in [9.17, 15) is 35.1 Å². The number of ether oxygens (including phenoxy) is 3. The summed E-state index contributed by atoms with van der Waals surface area (Å²) in [5.74, 6) is -1.24. The number of carbonyl (C=O) groups is 2. The molecule has 0 radical (unpaired) electrons. The van der Waals surface area contributed by atoms with Gasteiger partial charge < -0.3 is 45.1 Å². The van der Waals surface area contributed by atoms with Gasteiger partial charge in [-0.3, -0.25) is 9.59 Å². The molecule has 8 unspecified atom stereocenters. The van der Waals surface area contributed by atoms with Gasteiger partial charge in [0.25, 0.3) is 0 Å². The van der Waals surface area contributed by atoms with E-state index in [4.69, 9.17) is 14.2 Å². The third-order valence-corrected chi connectivity index (χ3v) is 14.8. The van der Waals surface area contributed by atoms with Crippen molar-refractivity contribution in [3.63, 3.8) is 0 Å². The molecule has 11 nitrogen and oxygen atoms in total. The predicted octanol–water partition coefficient (Wildman–Crippen LogP) is 15.7. The number of allylic oxidation sites excluding steroid dienone is 13. The molecular formula is C68H119NO10. The zero-order valence-corrected chi connectivity index (χ0v) is 50.5. The highest BCUT2D eigenvalue weighted by atomic mass is 16.7. The second-order valence-corrected chi connectivity index (χ2v) is 22.1. The van der Waals surface area contributed by atoms with E-state index in [-0.39, 0.29) is 19.4 Å². The number of hydrogen-bond donors (Lipinski definition) is 6. The fourth-order valence-corrected chi connectivity index (χ4v) is 9.72. The van der Waals surface area contributed by atoms with Gasteiger partial charge in [0.2, 0.25) is 5.91 Å². The molecular weight excluding hydrogens is 991 g/mol. The van der Waals surface area contributed by atoms with Crippen LogP contribution in [0.4, 0.5) is 0 Å². The summed E-state index contributed by atoms with van der Waals surface area (Å²) in [6, 6.07) is -1.05. The second-order valence-electron chi connectivity index (χ2n) is 22.1. The number of aliphatic hydroxyl groups is 5. The van der Waals surface area contributed by atoms with Crippen LogP contribution in [0.2, 0.25) is 0 Å². The highest BCUT2D eigenvalue weighted by Crippen LogP contribution is 2.26. The molecule has 0 bridgehead atoms. The minimum absolute atomic E-state index is 0.118. The molecule has 1 saturated heterocycles. The van der Waals surface area contributed by atoms with Crippen molar-refractivity contribution in [1.82, 2.24) is 5.32 Å². The van der Waals surface area contributed by atoms with Crippen LogP contribution in [-0.4, -0.2) is 99.6 Å². The molecule has 0 aliphatic carbocycles. The Kier molecular flexibility index (Phi) is 51.8. The van der Waals surface area contributed by atoms with Gasteiger partial charge in [-0.2, -0.15) is 0 Å². The summed E-state index contributed by atoms with van der Waals surface area (Å²) in [6.45, 7) is 5.67. The summed E-state index contributed by atoms with van der Waals surface area (Å²) >= 11 is 0. The van der Waals surface area contributed by atoms with E-state index < -0.39 is 67.4 Å². The average Bonchev–Trinajstić information content (AvgIpc) is 3.49. The minimum atomic E-state index is -1.62. The van der Waals surface area contributed by atoms with Crippen LogP contribution in [0.25, 0.3) is 0 Å². The van der Waals surface area contributed by atoms with Gasteiger partial charge in [0.1, 0.15) is 24.4 Å². The average molecular weight is 1110 g/mol. The summed E-state index contributed by atoms with van der Waals surface area (Å²) in [6.07, 6.45) is 61.9. The number of unbranched alkanes of at least 4 members (excludes halogenated alkanes) is 28. The third kappa shape index (κ3) is 43.2. The number of amides is 1. The van der Waals surface area contributed by atoms with Crippen molar-refractivity contribution in [2.45, 2.75) is 320 Å². The van der Waals surface area contributed by atoms with Crippen LogP contribution in [0.15, 0.2) is 85.1 Å². The quantitative estimate of drug-likeness (QED) is 0.0195. The molecule has 0 aromatic rings. The Morgan fingerprint density at radius 2 is 0.911 bits per heavy atom. The standard InChI is InChI=1S/C68H119NO10/c1-4-7-10-13-16-19-22-25-27-29-30-31-33-34-37-40-43-46-49-52-55-61(72)67(76)69-59(60(71)54-51-48-45-42-39-36-24-21-18-15-12-9-6-3)58-77-68-66(65(75)64(74)62(57-70)78-68)79-63(73)56-53-50-47-44-41-38-35-32-28-26-23-20-17-14-11-8-5-2/h7,10,16,19,25,27,30-31,34,37,43,46,51,54,59-62,64-66,68,70-72,74-75H,4-6,8-9,11-15,17-18,20-24,26,28-29,32-33,35-36,38-42,44-45,47-50,52-53,55-58H2,1-3H3,(H,69,76)/b10-7-,19-16-,27-25-,31-30-,37-34-,46-43-,54-51+. The first-order valence-corrected chi connectivity index (χ1v) is 32.4. The number of hydrogen-bond acceptors (Lipinski definition) is 10. The molecule has 79 heavy (non-hydrogen) atoms. The summed E-state index contributed by atoms with van der Waals surface area (Å²) < 4.78 is 17.6. The van der Waals surface area contributed by atoms with Crippen molar-refractivity contribution in [1.29, 1.82) is 0 Å². The Labute approximate surface area is 483 Å². The SMILES string of the molecule is CC/C=C\C/C=C\C/C=C\C/C=C\C/C=C\C/C=C\CCCC(O)C(=O)NC(COC1OC(CO)C(O)C(O)C1OC(=O)CCCCCCCCCCCCCCCCCCC)C(O)/C=C/CCCCCCCCCCCCC. The Morgan fingerprint density at radius 1 is 0.506 bits per heavy atom. The van der Waals surface area contributed by atoms with Crippen LogP contribution in [0.3, 0.4) is 0 Å². The minimum Gasteiger partial charge on any atom is -0.454 e. The molecule has 1 aliphatic rings. The van der Waals surface area contributed by atoms with E-state index in [1.165, 1.54) is 135 Å². The molecule has 6 N–H and O–H groups in total. The van der Waals surface area contributed by atoms with Crippen LogP contribution in [0.5, 0.6) is 0 Å². The lowest BCUT2D eigenvalue weighted by Gasteiger charge is -2.41. The zero-order valence-electron chi connectivity index (χ0n) is 50.5. The van der Waals surface area contributed by atoms with Crippen LogP contribution in [0, 0.1) is 0 Å². The van der Waals surface area contributed by atoms with E-state index in [2.05, 4.69) is 92.9 Å². The molecule has 8 atom stereocenters. The number of carbonyl (C=O) groups excluding carboxylic acids is 2. The molecule has 0 aromatic carbocycles. The van der Waals surface area contributed by atoms with Crippen LogP contribution < -0.4 is 5.32 Å². The van der Waals surface area contributed by atoms with Crippen LogP contribution >= 0.6 is 0 Å². The number of rotatable bonds is 54. The summed E-state index contributed by atoms with van der Waals surface area (Å²) in [5.41, 5.74) is 0. The van der Waals surface area contributed by atoms with Gasteiger partial charge in [-0.25, -0.2) is 0 Å². The van der Waals surface area contributed by atoms with Gasteiger partial charge in [0, 0.05) is 6.42 Å². The van der Waals surface area contributed by atoms with Crippen molar-refractivity contribution in [3.05, 3.63) is 85.1 Å². The summed E-state index contributed by atoms with van der Waals surface area (Å²) in [5, 5.41) is 57.0. The second kappa shape index (κ2) is 55.4. The molecule has 0 spiro atoms. The summed E-state index contributed by atoms with van der Waals surface area (Å²) in [4.78, 5) is 26.6. The van der Waals surface area contributed by atoms with Gasteiger partial charge in [0.05, 0.1) is 25.4 Å². The van der Waals surface area contributed by atoms with Gasteiger partial charge in [0.15, 0.2) is 12.4 Å². The molecule has 1 aliphatic heterocycles. The highest BCUT2D eigenvalue weighted by Gasteiger charge is 2.47. The number of aliphatic hydroxyl groups excluding tert-OH is 5. The molecule has 1 amide bonds. The lowest BCUT2D eigenvalue weighted by Crippen LogP contribution is -2.61. The maximum atomic E-state index is 13.4. The van der Waals surface area contributed by atoms with E-state index in [0.29, 0.717) is 19.3 Å². The first-order valence-electron chi connectivity index (χ1n) is 32.4. The van der Waals surface area contributed by atoms with Crippen molar-refractivity contribution in [3.8, 4) is 0 Å². The zero-order chi connectivity index (χ0) is 57.5. The van der Waals surface area contributed by atoms with Crippen LogP contribution in [0.1, 0.15) is 271 Å². The Bertz CT molecular complexity index is 1610. The van der Waals surface area contributed by atoms with Gasteiger partial charge in [-0.15, -0.1) is 0 Å². The highest BCUT2D eigenvalue weighted by molar-refractivity contribution is 5.80. The maximum absolute atomic E-state index is 13.4. The Hall–Kier alpha value is -3.16. The van der Waals surface area contributed by atoms with Crippen molar-refractivity contribution < 1.29 is 49.3 Å². The lowest BCUT2D eigenvalue weighted by molar-refractivity contribution is -0.305. The predicted molar refractivity (Wildman–Crippen MR) is 329 cm³/mol. The van der Waals surface area contributed by atoms with Crippen LogP contribution in [-0.2, 0) is 23.8 Å². The van der Waals surface area contributed by atoms with Crippen molar-refractivity contribution in [2.75, 3.05) is 13.2 Å². The van der Waals surface area contributed by atoms with Gasteiger partial charge in [-0.1, -0.05) is 273 Å². The third-order valence-electron chi connectivity index (χ3n) is 14.8. The normalized spacial score (nSPS) is 19.4. The van der Waals surface area contributed by atoms with E-state index >= 15 is 0 Å². The fraction of sp³-hybridized carbons (Fsp3) is 0.765. The molecule has 0 aromatic heterocycles. The van der Waals surface area contributed by atoms with E-state index in [0.717, 1.165) is 83.5 Å². The molecule has 0 saturated carbocycles. The van der Waals surface area contributed by atoms with E-state index in [1.807, 2.05) is 12.2 Å². The fourth-order valence-electron chi connectivity index (χ4n) is 9.72. The van der Waals surface area contributed by atoms with Gasteiger partial charge in [-0.05, 0) is 77.0 Å². The number of esters is 1. The summed E-state index contributed by atoms with van der Waals surface area (Å²) in [7, 11) is 0. The topological polar surface area (TPSA) is 175 Å². The Balaban J connectivity index is 2.71. The van der Waals surface area contributed by atoms with E-state index in [1.54, 1.807) is 6.08 Å². The van der Waals surface area contributed by atoms with Crippen molar-refractivity contribution >= 4 is 11.9 Å². The molecule has 11 heteroatoms. The largest absolute Gasteiger partial charge is 0.454 e. The molecule has 1 heterocycles. The maximum Gasteiger partial charge on any atom is 0.306 e. The number of nitrogens with one attached hydrogen (secondary N) is 1. The first-order chi connectivity index (χ1) is 38.7. The smallest absolute Gasteiger partial charge is 0.306 e. The van der Waals surface area contributed by atoms with Gasteiger partial charge >= 0.3 is 5.97 Å². The molecule has 1 rings (SSSR count). The molecule has 456 valence electrons. The lowest BCUT2D eigenvalue weighted by atomic mass is 9.99. The Morgan fingerprint density at radius 3 is 1.35 bits per heavy atom.